The standard InChI is InChI=1S/C22H27NO4S/c1-27-20-4-2-18(3-5-20)23(19-6-7-28(25,26)14-19)21(24)22-11-15-8-16(12-22)10-17(9-15)13-22/h2-7,15-17,19H,8-14H2,1H3/t15?,16?,17?,19-,22?/m0/s1. The van der Waals surface area contributed by atoms with E-state index in [9.17, 15) is 13.2 Å². The van der Waals surface area contributed by atoms with E-state index >= 15 is 0 Å². The molecule has 6 heteroatoms. The highest BCUT2D eigenvalue weighted by Gasteiger charge is 2.56. The maximum absolute atomic E-state index is 14.0. The average Bonchev–Trinajstić information content (AvgIpc) is 3.01. The molecule has 1 heterocycles. The molecule has 1 aromatic rings. The van der Waals surface area contributed by atoms with E-state index in [1.807, 2.05) is 24.3 Å². The third-order valence-electron chi connectivity index (χ3n) is 7.30. The van der Waals surface area contributed by atoms with Gasteiger partial charge in [0.2, 0.25) is 5.91 Å². The van der Waals surface area contributed by atoms with Crippen molar-refractivity contribution >= 4 is 21.4 Å². The molecule has 1 atom stereocenters. The molecule has 0 aromatic heterocycles. The van der Waals surface area contributed by atoms with Crippen LogP contribution in [0.15, 0.2) is 35.7 Å². The zero-order chi connectivity index (χ0) is 19.5. The molecule has 0 saturated heterocycles. The molecule has 28 heavy (non-hydrogen) atoms. The number of sulfone groups is 1. The summed E-state index contributed by atoms with van der Waals surface area (Å²) in [5.74, 6) is 2.81. The number of nitrogens with zero attached hydrogens (tertiary/aromatic N) is 1. The number of carbonyl (C=O) groups excluding carboxylic acids is 1. The number of hydrogen-bond donors (Lipinski definition) is 0. The van der Waals surface area contributed by atoms with Crippen molar-refractivity contribution in [3.63, 3.8) is 0 Å². The Kier molecular flexibility index (Phi) is 4.13. The van der Waals surface area contributed by atoms with Crippen molar-refractivity contribution in [2.75, 3.05) is 17.8 Å². The first-order valence-corrected chi connectivity index (χ1v) is 12.0. The number of methoxy groups -OCH3 is 1. The number of amides is 1. The molecule has 5 aliphatic rings. The van der Waals surface area contributed by atoms with Gasteiger partial charge in [0.1, 0.15) is 5.75 Å². The van der Waals surface area contributed by atoms with Crippen LogP contribution in [0.3, 0.4) is 0 Å². The fourth-order valence-electron chi connectivity index (χ4n) is 6.55. The quantitative estimate of drug-likeness (QED) is 0.774. The van der Waals surface area contributed by atoms with Gasteiger partial charge in [0.25, 0.3) is 0 Å². The van der Waals surface area contributed by atoms with Crippen LogP contribution in [-0.4, -0.2) is 33.2 Å². The smallest absolute Gasteiger partial charge is 0.233 e. The molecular formula is C22H27NO4S. The Balaban J connectivity index is 1.52. The van der Waals surface area contributed by atoms with E-state index in [4.69, 9.17) is 4.74 Å². The van der Waals surface area contributed by atoms with Gasteiger partial charge in [0.15, 0.2) is 9.84 Å². The van der Waals surface area contributed by atoms with Crippen molar-refractivity contribution in [2.24, 2.45) is 23.2 Å². The van der Waals surface area contributed by atoms with Gasteiger partial charge in [-0.25, -0.2) is 8.42 Å². The minimum Gasteiger partial charge on any atom is -0.497 e. The van der Waals surface area contributed by atoms with E-state index in [0.717, 1.165) is 30.7 Å². The van der Waals surface area contributed by atoms with Gasteiger partial charge in [0, 0.05) is 11.1 Å². The number of anilines is 1. The van der Waals surface area contributed by atoms with Crippen LogP contribution in [0.25, 0.3) is 0 Å². The van der Waals surface area contributed by atoms with Gasteiger partial charge in [0.05, 0.1) is 24.3 Å². The SMILES string of the molecule is COc1ccc(N(C(=O)C23CC4CC(CC(C4)C2)C3)[C@H]2C=CS(=O)(=O)C2)cc1. The molecule has 0 unspecified atom stereocenters. The van der Waals surface area contributed by atoms with E-state index in [1.54, 1.807) is 18.1 Å². The third kappa shape index (κ3) is 2.97. The van der Waals surface area contributed by atoms with Gasteiger partial charge in [-0.1, -0.05) is 0 Å². The fourth-order valence-corrected chi connectivity index (χ4v) is 7.82. The van der Waals surface area contributed by atoms with Gasteiger partial charge >= 0.3 is 0 Å². The summed E-state index contributed by atoms with van der Waals surface area (Å²) < 4.78 is 29.5. The molecule has 5 nitrogen and oxygen atoms in total. The lowest BCUT2D eigenvalue weighted by atomic mass is 9.49. The minimum absolute atomic E-state index is 0.0306. The summed E-state index contributed by atoms with van der Waals surface area (Å²) in [5.41, 5.74) is 0.447. The zero-order valence-corrected chi connectivity index (χ0v) is 17.0. The van der Waals surface area contributed by atoms with E-state index < -0.39 is 15.9 Å². The monoisotopic (exact) mass is 401 g/mol. The van der Waals surface area contributed by atoms with E-state index in [-0.39, 0.29) is 17.1 Å². The van der Waals surface area contributed by atoms with Crippen LogP contribution >= 0.6 is 0 Å². The average molecular weight is 402 g/mol. The second kappa shape index (κ2) is 6.34. The highest BCUT2D eigenvalue weighted by molar-refractivity contribution is 7.94. The summed E-state index contributed by atoms with van der Waals surface area (Å²) in [6.07, 6.45) is 8.39. The summed E-state index contributed by atoms with van der Waals surface area (Å²) in [5, 5.41) is 1.27. The Labute approximate surface area is 166 Å². The molecule has 0 N–H and O–H groups in total. The van der Waals surface area contributed by atoms with Crippen LogP contribution in [0, 0.1) is 23.2 Å². The molecule has 4 fully saturated rings. The van der Waals surface area contributed by atoms with Crippen molar-refractivity contribution in [1.29, 1.82) is 0 Å². The number of carbonyl (C=O) groups is 1. The largest absolute Gasteiger partial charge is 0.497 e. The zero-order valence-electron chi connectivity index (χ0n) is 16.2. The Morgan fingerprint density at radius 2 is 1.61 bits per heavy atom. The molecule has 4 aliphatic carbocycles. The Hall–Kier alpha value is -1.82. The topological polar surface area (TPSA) is 63.7 Å². The molecule has 4 saturated carbocycles. The van der Waals surface area contributed by atoms with Crippen LogP contribution in [0.5, 0.6) is 5.75 Å². The van der Waals surface area contributed by atoms with Crippen LogP contribution in [-0.2, 0) is 14.6 Å². The highest BCUT2D eigenvalue weighted by atomic mass is 32.2. The normalized spacial score (nSPS) is 37.2. The van der Waals surface area contributed by atoms with Gasteiger partial charge in [-0.15, -0.1) is 0 Å². The van der Waals surface area contributed by atoms with Crippen molar-refractivity contribution in [2.45, 2.75) is 44.6 Å². The molecule has 6 rings (SSSR count). The lowest BCUT2D eigenvalue weighted by molar-refractivity contribution is -0.143. The van der Waals surface area contributed by atoms with Crippen molar-refractivity contribution in [3.05, 3.63) is 35.7 Å². The van der Waals surface area contributed by atoms with E-state index in [1.165, 1.54) is 24.7 Å². The number of hydrogen-bond acceptors (Lipinski definition) is 4. The maximum Gasteiger partial charge on any atom is 0.233 e. The first-order valence-electron chi connectivity index (χ1n) is 10.3. The first kappa shape index (κ1) is 18.2. The summed E-state index contributed by atoms with van der Waals surface area (Å²) in [7, 11) is -1.64. The van der Waals surface area contributed by atoms with Crippen molar-refractivity contribution < 1.29 is 17.9 Å². The molecule has 1 aliphatic heterocycles. The predicted octanol–water partition coefficient (Wildman–Crippen LogP) is 3.56. The summed E-state index contributed by atoms with van der Waals surface area (Å²) in [6, 6.07) is 6.98. The second-order valence-electron chi connectivity index (χ2n) is 9.30. The maximum atomic E-state index is 14.0. The van der Waals surface area contributed by atoms with E-state index in [0.29, 0.717) is 17.8 Å². The summed E-state index contributed by atoms with van der Waals surface area (Å²) in [4.78, 5) is 15.8. The Morgan fingerprint density at radius 3 is 2.07 bits per heavy atom. The van der Waals surface area contributed by atoms with Crippen molar-refractivity contribution in [3.8, 4) is 5.75 Å². The molecule has 0 spiro atoms. The second-order valence-corrected chi connectivity index (χ2v) is 11.2. The summed E-state index contributed by atoms with van der Waals surface area (Å²) in [6.45, 7) is 0. The molecule has 1 aromatic carbocycles. The van der Waals surface area contributed by atoms with Crippen LogP contribution in [0.1, 0.15) is 38.5 Å². The van der Waals surface area contributed by atoms with Gasteiger partial charge < -0.3 is 9.64 Å². The summed E-state index contributed by atoms with van der Waals surface area (Å²) >= 11 is 0. The molecular weight excluding hydrogens is 374 g/mol. The fraction of sp³-hybridized carbons (Fsp3) is 0.591. The molecule has 4 bridgehead atoms. The Morgan fingerprint density at radius 1 is 1.04 bits per heavy atom. The molecule has 1 amide bonds. The predicted molar refractivity (Wildman–Crippen MR) is 108 cm³/mol. The van der Waals surface area contributed by atoms with Gasteiger partial charge in [-0.3, -0.25) is 4.79 Å². The van der Waals surface area contributed by atoms with E-state index in [2.05, 4.69) is 0 Å². The molecule has 0 radical (unpaired) electrons. The van der Waals surface area contributed by atoms with Crippen LogP contribution < -0.4 is 9.64 Å². The lowest BCUT2D eigenvalue weighted by Crippen LogP contribution is -2.57. The van der Waals surface area contributed by atoms with Gasteiger partial charge in [-0.2, -0.15) is 0 Å². The van der Waals surface area contributed by atoms with Gasteiger partial charge in [-0.05, 0) is 86.6 Å². The Bertz CT molecular complexity index is 883. The first-order chi connectivity index (χ1) is 13.4. The number of rotatable bonds is 4. The number of benzene rings is 1. The van der Waals surface area contributed by atoms with Crippen molar-refractivity contribution in [1.82, 2.24) is 0 Å². The number of ether oxygens (including phenoxy) is 1. The van der Waals surface area contributed by atoms with Crippen LogP contribution in [0.2, 0.25) is 0 Å². The highest BCUT2D eigenvalue weighted by Crippen LogP contribution is 2.60. The third-order valence-corrected chi connectivity index (χ3v) is 8.68. The molecule has 150 valence electrons. The lowest BCUT2D eigenvalue weighted by Gasteiger charge is -2.57. The van der Waals surface area contributed by atoms with Crippen LogP contribution in [0.4, 0.5) is 5.69 Å². The minimum atomic E-state index is -3.25.